The first kappa shape index (κ1) is 11.2. The highest BCUT2D eigenvalue weighted by molar-refractivity contribution is 7.87. The van der Waals surface area contributed by atoms with Gasteiger partial charge in [0.25, 0.3) is 10.1 Å². The van der Waals surface area contributed by atoms with Crippen molar-refractivity contribution in [3.8, 4) is 0 Å². The number of thiophene rings is 1. The Morgan fingerprint density at radius 3 is 2.79 bits per heavy atom. The van der Waals surface area contributed by atoms with E-state index in [1.54, 1.807) is 0 Å². The quantitative estimate of drug-likeness (QED) is 0.794. The van der Waals surface area contributed by atoms with Gasteiger partial charge in [0, 0.05) is 0 Å². The van der Waals surface area contributed by atoms with Gasteiger partial charge in [-0.15, -0.1) is 11.3 Å². The molecule has 0 fully saturated rings. The number of aromatic carboxylic acids is 1. The van der Waals surface area contributed by atoms with E-state index in [4.69, 9.17) is 5.11 Å². The van der Waals surface area contributed by atoms with Gasteiger partial charge in [-0.2, -0.15) is 8.42 Å². The Morgan fingerprint density at radius 1 is 1.64 bits per heavy atom. The number of carboxylic acids is 1. The highest BCUT2D eigenvalue weighted by atomic mass is 32.2. The van der Waals surface area contributed by atoms with Crippen LogP contribution in [0.3, 0.4) is 0 Å². The van der Waals surface area contributed by atoms with Crippen molar-refractivity contribution in [3.05, 3.63) is 16.3 Å². The average Bonchev–Trinajstić information content (AvgIpc) is 2.51. The van der Waals surface area contributed by atoms with Crippen LogP contribution in [0.15, 0.2) is 16.3 Å². The molecule has 78 valence electrons. The highest BCUT2D eigenvalue weighted by Crippen LogP contribution is 2.23. The maximum Gasteiger partial charge on any atom is 0.347 e. The molecule has 1 aromatic heterocycles. The predicted molar refractivity (Wildman–Crippen MR) is 50.1 cm³/mol. The second-order valence-electron chi connectivity index (χ2n) is 2.28. The van der Waals surface area contributed by atoms with Gasteiger partial charge in [-0.05, 0) is 18.4 Å². The van der Waals surface area contributed by atoms with E-state index < -0.39 is 16.1 Å². The molecule has 0 aliphatic rings. The Kier molecular flexibility index (Phi) is 3.25. The van der Waals surface area contributed by atoms with Crippen LogP contribution in [-0.2, 0) is 14.3 Å². The zero-order chi connectivity index (χ0) is 10.8. The standard InChI is InChI=1S/C7H8O5S2/c1-2-12-14(10,11)5-3-4-13-6(5)7(8)9/h3-4H,2H2,1H3,(H,8,9). The molecule has 1 aromatic rings. The zero-order valence-corrected chi connectivity index (χ0v) is 8.89. The molecule has 0 unspecified atom stereocenters. The minimum absolute atomic E-state index is 0.0166. The first-order valence-corrected chi connectivity index (χ1v) is 5.98. The predicted octanol–water partition coefficient (Wildman–Crippen LogP) is 1.17. The maximum atomic E-state index is 11.3. The van der Waals surface area contributed by atoms with Crippen LogP contribution in [0.25, 0.3) is 0 Å². The van der Waals surface area contributed by atoms with Gasteiger partial charge in [0.2, 0.25) is 0 Å². The van der Waals surface area contributed by atoms with Crippen LogP contribution < -0.4 is 0 Å². The number of rotatable bonds is 4. The van der Waals surface area contributed by atoms with Crippen molar-refractivity contribution in [3.63, 3.8) is 0 Å². The van der Waals surface area contributed by atoms with Gasteiger partial charge in [-0.25, -0.2) is 4.79 Å². The molecule has 1 N–H and O–H groups in total. The van der Waals surface area contributed by atoms with Crippen LogP contribution in [0.1, 0.15) is 16.6 Å². The van der Waals surface area contributed by atoms with Gasteiger partial charge in [0.05, 0.1) is 6.61 Å². The molecule has 5 nitrogen and oxygen atoms in total. The first-order chi connectivity index (χ1) is 6.49. The van der Waals surface area contributed by atoms with E-state index in [0.29, 0.717) is 0 Å². The van der Waals surface area contributed by atoms with Crippen molar-refractivity contribution in [2.24, 2.45) is 0 Å². The van der Waals surface area contributed by atoms with E-state index in [2.05, 4.69) is 4.18 Å². The molecule has 7 heteroatoms. The largest absolute Gasteiger partial charge is 0.477 e. The summed E-state index contributed by atoms with van der Waals surface area (Å²) in [6, 6.07) is 1.22. The monoisotopic (exact) mass is 236 g/mol. The lowest BCUT2D eigenvalue weighted by atomic mass is 10.5. The number of carbonyl (C=O) groups is 1. The van der Waals surface area contributed by atoms with Crippen molar-refractivity contribution in [2.45, 2.75) is 11.8 Å². The first-order valence-electron chi connectivity index (χ1n) is 3.69. The van der Waals surface area contributed by atoms with Crippen LogP contribution in [0, 0.1) is 0 Å². The summed E-state index contributed by atoms with van der Waals surface area (Å²) >= 11 is 0.852. The molecule has 1 rings (SSSR count). The van der Waals surface area contributed by atoms with Crippen LogP contribution in [-0.4, -0.2) is 26.1 Å². The van der Waals surface area contributed by atoms with Crippen LogP contribution >= 0.6 is 11.3 Å². The summed E-state index contributed by atoms with van der Waals surface area (Å²) in [5.41, 5.74) is 0. The normalized spacial score (nSPS) is 11.5. The fraction of sp³-hybridized carbons (Fsp3) is 0.286. The molecule has 14 heavy (non-hydrogen) atoms. The van der Waals surface area contributed by atoms with Gasteiger partial charge in [-0.1, -0.05) is 0 Å². The Hall–Kier alpha value is -0.920. The van der Waals surface area contributed by atoms with Crippen molar-refractivity contribution >= 4 is 27.4 Å². The van der Waals surface area contributed by atoms with Crippen molar-refractivity contribution in [2.75, 3.05) is 6.61 Å². The van der Waals surface area contributed by atoms with E-state index in [1.165, 1.54) is 18.4 Å². The summed E-state index contributed by atoms with van der Waals surface area (Å²) in [7, 11) is -3.91. The van der Waals surface area contributed by atoms with E-state index >= 15 is 0 Å². The second-order valence-corrected chi connectivity index (χ2v) is 4.78. The minimum Gasteiger partial charge on any atom is -0.477 e. The van der Waals surface area contributed by atoms with Crippen molar-refractivity contribution in [1.29, 1.82) is 0 Å². The summed E-state index contributed by atoms with van der Waals surface area (Å²) in [6.07, 6.45) is 0. The van der Waals surface area contributed by atoms with Gasteiger partial charge in [-0.3, -0.25) is 4.18 Å². The SMILES string of the molecule is CCOS(=O)(=O)c1ccsc1C(=O)O. The molecule has 0 aliphatic carbocycles. The Balaban J connectivity index is 3.19. The maximum absolute atomic E-state index is 11.3. The lowest BCUT2D eigenvalue weighted by Crippen LogP contribution is -2.09. The average molecular weight is 236 g/mol. The molecular formula is C7H8O5S2. The molecule has 0 radical (unpaired) electrons. The lowest BCUT2D eigenvalue weighted by Gasteiger charge is -2.01. The third kappa shape index (κ3) is 2.11. The van der Waals surface area contributed by atoms with Gasteiger partial charge in [0.1, 0.15) is 9.77 Å². The van der Waals surface area contributed by atoms with Crippen molar-refractivity contribution < 1.29 is 22.5 Å². The molecule has 0 spiro atoms. The van der Waals surface area contributed by atoms with Crippen LogP contribution in [0.4, 0.5) is 0 Å². The Labute approximate surface area is 85.1 Å². The van der Waals surface area contributed by atoms with E-state index in [1.807, 2.05) is 0 Å². The second kappa shape index (κ2) is 4.07. The van der Waals surface area contributed by atoms with Crippen LogP contribution in [0.5, 0.6) is 0 Å². The van der Waals surface area contributed by atoms with E-state index in [9.17, 15) is 13.2 Å². The van der Waals surface area contributed by atoms with E-state index in [-0.39, 0.29) is 16.4 Å². The summed E-state index contributed by atoms with van der Waals surface area (Å²) in [4.78, 5) is 10.1. The van der Waals surface area contributed by atoms with Crippen LogP contribution in [0.2, 0.25) is 0 Å². The third-order valence-electron chi connectivity index (χ3n) is 1.37. The topological polar surface area (TPSA) is 80.7 Å². The zero-order valence-electron chi connectivity index (χ0n) is 7.26. The molecule has 0 aromatic carbocycles. The molecule has 0 bridgehead atoms. The molecule has 1 heterocycles. The molecule has 0 saturated carbocycles. The summed E-state index contributed by atoms with van der Waals surface area (Å²) in [5, 5.41) is 10.1. The number of hydrogen-bond donors (Lipinski definition) is 1. The summed E-state index contributed by atoms with van der Waals surface area (Å²) < 4.78 is 27.2. The van der Waals surface area contributed by atoms with E-state index in [0.717, 1.165) is 11.3 Å². The number of hydrogen-bond acceptors (Lipinski definition) is 5. The number of carboxylic acid groups (broad SMARTS) is 1. The highest BCUT2D eigenvalue weighted by Gasteiger charge is 2.23. The Morgan fingerprint density at radius 2 is 2.29 bits per heavy atom. The fourth-order valence-electron chi connectivity index (χ4n) is 0.869. The Bertz CT molecular complexity index is 431. The van der Waals surface area contributed by atoms with Gasteiger partial charge < -0.3 is 5.11 Å². The molecule has 0 amide bonds. The smallest absolute Gasteiger partial charge is 0.347 e. The summed E-state index contributed by atoms with van der Waals surface area (Å²) in [6.45, 7) is 1.50. The molecular weight excluding hydrogens is 228 g/mol. The lowest BCUT2D eigenvalue weighted by molar-refractivity contribution is 0.0698. The van der Waals surface area contributed by atoms with Gasteiger partial charge >= 0.3 is 5.97 Å². The molecule has 0 aliphatic heterocycles. The van der Waals surface area contributed by atoms with Gasteiger partial charge in [0.15, 0.2) is 0 Å². The van der Waals surface area contributed by atoms with Crippen molar-refractivity contribution in [1.82, 2.24) is 0 Å². The fourth-order valence-corrected chi connectivity index (χ4v) is 3.02. The third-order valence-corrected chi connectivity index (χ3v) is 3.82. The molecule has 0 saturated heterocycles. The minimum atomic E-state index is -3.91. The molecule has 0 atom stereocenters. The summed E-state index contributed by atoms with van der Waals surface area (Å²) in [5.74, 6) is -1.27.